The molecule has 0 saturated heterocycles. The Kier molecular flexibility index (Phi) is 3.83. The van der Waals surface area contributed by atoms with Crippen molar-refractivity contribution < 1.29 is 9.32 Å². The highest BCUT2D eigenvalue weighted by atomic mass is 16.5. The maximum Gasteiger partial charge on any atom is 0.172 e. The van der Waals surface area contributed by atoms with Gasteiger partial charge in [0, 0.05) is 12.1 Å². The van der Waals surface area contributed by atoms with Gasteiger partial charge in [-0.05, 0) is 20.0 Å². The van der Waals surface area contributed by atoms with Crippen LogP contribution in [0.1, 0.15) is 35.7 Å². The largest absolute Gasteiger partial charge is 0.361 e. The van der Waals surface area contributed by atoms with Crippen LogP contribution in [-0.4, -0.2) is 29.4 Å². The Morgan fingerprint density at radius 1 is 1.43 bits per heavy atom. The summed E-state index contributed by atoms with van der Waals surface area (Å²) in [6.07, 6.45) is 0.745. The Morgan fingerprint density at radius 2 is 2.07 bits per heavy atom. The molecule has 4 heteroatoms. The first-order chi connectivity index (χ1) is 6.72. The number of hydrogen-bond acceptors (Lipinski definition) is 4. The van der Waals surface area contributed by atoms with Gasteiger partial charge in [-0.15, -0.1) is 0 Å². The van der Waals surface area contributed by atoms with Crippen molar-refractivity contribution in [1.29, 1.82) is 0 Å². The van der Waals surface area contributed by atoms with Gasteiger partial charge < -0.3 is 4.52 Å². The molecule has 0 radical (unpaired) electrons. The average molecular weight is 196 g/mol. The van der Waals surface area contributed by atoms with Crippen molar-refractivity contribution in [2.75, 3.05) is 13.1 Å². The lowest BCUT2D eigenvalue weighted by atomic mass is 10.2. The molecular weight excluding hydrogens is 180 g/mol. The van der Waals surface area contributed by atoms with Crippen molar-refractivity contribution in [2.45, 2.75) is 27.3 Å². The van der Waals surface area contributed by atoms with E-state index in [4.69, 9.17) is 4.52 Å². The Bertz CT molecular complexity index is 303. The van der Waals surface area contributed by atoms with Gasteiger partial charge >= 0.3 is 0 Å². The third kappa shape index (κ3) is 2.20. The van der Waals surface area contributed by atoms with E-state index in [0.717, 1.165) is 37.2 Å². The molecule has 78 valence electrons. The fraction of sp³-hybridized carbons (Fsp3) is 0.600. The lowest BCUT2D eigenvalue weighted by Crippen LogP contribution is -2.22. The van der Waals surface area contributed by atoms with Crippen LogP contribution in [-0.2, 0) is 6.54 Å². The van der Waals surface area contributed by atoms with Gasteiger partial charge in [0.15, 0.2) is 12.0 Å². The van der Waals surface area contributed by atoms with Gasteiger partial charge in [-0.3, -0.25) is 9.69 Å². The Labute approximate surface area is 83.9 Å². The third-order valence-corrected chi connectivity index (χ3v) is 2.40. The summed E-state index contributed by atoms with van der Waals surface area (Å²) in [7, 11) is 0. The highest BCUT2D eigenvalue weighted by Gasteiger charge is 2.13. The molecule has 0 aliphatic heterocycles. The van der Waals surface area contributed by atoms with Crippen molar-refractivity contribution in [1.82, 2.24) is 10.1 Å². The summed E-state index contributed by atoms with van der Waals surface area (Å²) in [6.45, 7) is 8.66. The second-order valence-corrected chi connectivity index (χ2v) is 3.18. The highest BCUT2D eigenvalue weighted by Crippen LogP contribution is 2.13. The van der Waals surface area contributed by atoms with Gasteiger partial charge in [0.05, 0.1) is 0 Å². The molecule has 0 spiro atoms. The summed E-state index contributed by atoms with van der Waals surface area (Å²) in [5.41, 5.74) is 1.33. The summed E-state index contributed by atoms with van der Waals surface area (Å²) in [6, 6.07) is 0. The molecule has 1 aromatic heterocycles. The maximum absolute atomic E-state index is 10.7. The minimum atomic E-state index is 0.425. The normalized spacial score (nSPS) is 10.9. The van der Waals surface area contributed by atoms with Crippen LogP contribution >= 0.6 is 0 Å². The molecule has 1 aromatic rings. The standard InChI is InChI=1S/C10H16N2O2/c1-4-12(5-2)6-9-8(3)14-11-10(9)7-13/h7H,4-6H2,1-3H3. The van der Waals surface area contributed by atoms with Crippen LogP contribution in [0.4, 0.5) is 0 Å². The van der Waals surface area contributed by atoms with Gasteiger partial charge in [0.2, 0.25) is 0 Å². The zero-order valence-electron chi connectivity index (χ0n) is 8.91. The van der Waals surface area contributed by atoms with Gasteiger partial charge in [0.25, 0.3) is 0 Å². The summed E-state index contributed by atoms with van der Waals surface area (Å²) < 4.78 is 4.97. The predicted octanol–water partition coefficient (Wildman–Crippen LogP) is 1.64. The third-order valence-electron chi connectivity index (χ3n) is 2.40. The lowest BCUT2D eigenvalue weighted by molar-refractivity contribution is 0.111. The molecular formula is C10H16N2O2. The lowest BCUT2D eigenvalue weighted by Gasteiger charge is -2.17. The first-order valence-corrected chi connectivity index (χ1v) is 4.85. The van der Waals surface area contributed by atoms with Crippen molar-refractivity contribution in [3.8, 4) is 0 Å². The first-order valence-electron chi connectivity index (χ1n) is 4.85. The van der Waals surface area contributed by atoms with Crippen molar-refractivity contribution in [3.05, 3.63) is 17.0 Å². The minimum Gasteiger partial charge on any atom is -0.361 e. The number of nitrogens with zero attached hydrogens (tertiary/aromatic N) is 2. The monoisotopic (exact) mass is 196 g/mol. The van der Waals surface area contributed by atoms with E-state index in [0.29, 0.717) is 5.69 Å². The minimum absolute atomic E-state index is 0.425. The van der Waals surface area contributed by atoms with Crippen LogP contribution < -0.4 is 0 Å². The number of hydrogen-bond donors (Lipinski definition) is 0. The van der Waals surface area contributed by atoms with E-state index in [1.165, 1.54) is 0 Å². The Hall–Kier alpha value is -1.16. The number of aldehydes is 1. The highest BCUT2D eigenvalue weighted by molar-refractivity contribution is 5.74. The van der Waals surface area contributed by atoms with Gasteiger partial charge in [0.1, 0.15) is 5.76 Å². The second-order valence-electron chi connectivity index (χ2n) is 3.18. The quantitative estimate of drug-likeness (QED) is 0.671. The van der Waals surface area contributed by atoms with Crippen LogP contribution in [0.2, 0.25) is 0 Å². The summed E-state index contributed by atoms with van der Waals surface area (Å²) in [5, 5.41) is 3.69. The zero-order chi connectivity index (χ0) is 10.6. The molecule has 1 rings (SSSR count). The topological polar surface area (TPSA) is 46.3 Å². The first kappa shape index (κ1) is 10.9. The van der Waals surface area contributed by atoms with E-state index in [1.54, 1.807) is 0 Å². The van der Waals surface area contributed by atoms with E-state index in [1.807, 2.05) is 6.92 Å². The Balaban J connectivity index is 2.83. The van der Waals surface area contributed by atoms with E-state index >= 15 is 0 Å². The summed E-state index contributed by atoms with van der Waals surface area (Å²) in [5.74, 6) is 0.735. The molecule has 4 nitrogen and oxygen atoms in total. The zero-order valence-corrected chi connectivity index (χ0v) is 8.91. The smallest absolute Gasteiger partial charge is 0.172 e. The molecule has 0 aliphatic carbocycles. The number of rotatable bonds is 5. The number of aromatic nitrogens is 1. The van der Waals surface area contributed by atoms with E-state index in [-0.39, 0.29) is 0 Å². The molecule has 0 aromatic carbocycles. The summed E-state index contributed by atoms with van der Waals surface area (Å²) >= 11 is 0. The van der Waals surface area contributed by atoms with Gasteiger partial charge in [-0.25, -0.2) is 0 Å². The number of carbonyl (C=O) groups excluding carboxylic acids is 1. The van der Waals surface area contributed by atoms with Crippen molar-refractivity contribution >= 4 is 6.29 Å². The van der Waals surface area contributed by atoms with E-state index in [9.17, 15) is 4.79 Å². The number of aryl methyl sites for hydroxylation is 1. The van der Waals surface area contributed by atoms with Crippen molar-refractivity contribution in [3.63, 3.8) is 0 Å². The van der Waals surface area contributed by atoms with Crippen LogP contribution in [0.5, 0.6) is 0 Å². The van der Waals surface area contributed by atoms with Gasteiger partial charge in [-0.2, -0.15) is 0 Å². The SMILES string of the molecule is CCN(CC)Cc1c(C=O)noc1C. The van der Waals surface area contributed by atoms with Gasteiger partial charge in [-0.1, -0.05) is 19.0 Å². The van der Waals surface area contributed by atoms with Crippen LogP contribution in [0.3, 0.4) is 0 Å². The second kappa shape index (κ2) is 4.91. The molecule has 0 unspecified atom stereocenters. The fourth-order valence-electron chi connectivity index (χ4n) is 1.36. The molecule has 0 aliphatic rings. The maximum atomic E-state index is 10.7. The molecule has 0 amide bonds. The van der Waals surface area contributed by atoms with Crippen LogP contribution in [0, 0.1) is 6.92 Å². The van der Waals surface area contributed by atoms with E-state index < -0.39 is 0 Å². The number of carbonyl (C=O) groups is 1. The van der Waals surface area contributed by atoms with Crippen LogP contribution in [0.25, 0.3) is 0 Å². The molecule has 0 saturated carbocycles. The molecule has 0 N–H and O–H groups in total. The molecule has 1 heterocycles. The van der Waals surface area contributed by atoms with E-state index in [2.05, 4.69) is 23.9 Å². The Morgan fingerprint density at radius 3 is 2.57 bits per heavy atom. The molecule has 14 heavy (non-hydrogen) atoms. The molecule has 0 atom stereocenters. The average Bonchev–Trinajstić information content (AvgIpc) is 2.56. The van der Waals surface area contributed by atoms with Crippen LogP contribution in [0.15, 0.2) is 4.52 Å². The fourth-order valence-corrected chi connectivity index (χ4v) is 1.36. The predicted molar refractivity (Wildman–Crippen MR) is 53.3 cm³/mol. The molecule has 0 bridgehead atoms. The molecule has 0 fully saturated rings. The van der Waals surface area contributed by atoms with Crippen molar-refractivity contribution in [2.24, 2.45) is 0 Å². The summed E-state index contributed by atoms with van der Waals surface area (Å²) in [4.78, 5) is 12.9.